The van der Waals surface area contributed by atoms with Crippen molar-refractivity contribution >= 4 is 29.0 Å². The zero-order chi connectivity index (χ0) is 22.7. The van der Waals surface area contributed by atoms with Gasteiger partial charge in [-0.15, -0.1) is 0 Å². The van der Waals surface area contributed by atoms with Crippen molar-refractivity contribution in [2.24, 2.45) is 0 Å². The zero-order valence-electron chi connectivity index (χ0n) is 16.8. The lowest BCUT2D eigenvalue weighted by molar-refractivity contribution is 0.102. The molecular weight excluding hydrogens is 437 g/mol. The summed E-state index contributed by atoms with van der Waals surface area (Å²) >= 11 is 6.02. The van der Waals surface area contributed by atoms with Gasteiger partial charge in [-0.2, -0.15) is 5.10 Å². The Morgan fingerprint density at radius 3 is 2.88 bits per heavy atom. The van der Waals surface area contributed by atoms with Crippen LogP contribution >= 0.6 is 11.6 Å². The van der Waals surface area contributed by atoms with Crippen LogP contribution in [-0.2, 0) is 6.54 Å². The Labute approximate surface area is 187 Å². The molecule has 10 heteroatoms. The molecule has 0 spiro atoms. The molecule has 3 heterocycles. The van der Waals surface area contributed by atoms with Gasteiger partial charge >= 0.3 is 0 Å². The zero-order valence-corrected chi connectivity index (χ0v) is 17.6. The Morgan fingerprint density at radius 2 is 2.12 bits per heavy atom. The van der Waals surface area contributed by atoms with Gasteiger partial charge < -0.3 is 15.0 Å². The number of ether oxygens (including phenoxy) is 1. The number of benzene rings is 1. The number of rotatable bonds is 7. The van der Waals surface area contributed by atoms with E-state index in [1.54, 1.807) is 17.1 Å². The van der Waals surface area contributed by atoms with Crippen LogP contribution in [0.2, 0.25) is 5.02 Å². The molecule has 0 aliphatic rings. The SMILES string of the molecule is COc1ccc(Cl)c(C(=O)c2c[nH]c(C(=O)Nc3cnn(Cc4ccccn4)c3)c2)c1F. The largest absolute Gasteiger partial charge is 0.494 e. The van der Waals surface area contributed by atoms with Crippen molar-refractivity contribution in [3.05, 3.63) is 94.5 Å². The molecule has 1 aromatic carbocycles. The van der Waals surface area contributed by atoms with Gasteiger partial charge in [-0.3, -0.25) is 19.3 Å². The number of hydrogen-bond acceptors (Lipinski definition) is 5. The molecule has 32 heavy (non-hydrogen) atoms. The van der Waals surface area contributed by atoms with Crippen LogP contribution < -0.4 is 10.1 Å². The molecule has 3 aromatic heterocycles. The highest BCUT2D eigenvalue weighted by Gasteiger charge is 2.23. The van der Waals surface area contributed by atoms with E-state index in [0.29, 0.717) is 12.2 Å². The molecule has 0 atom stereocenters. The monoisotopic (exact) mass is 453 g/mol. The van der Waals surface area contributed by atoms with Gasteiger partial charge in [0.2, 0.25) is 0 Å². The summed E-state index contributed by atoms with van der Waals surface area (Å²) in [6, 6.07) is 9.60. The number of anilines is 1. The van der Waals surface area contributed by atoms with E-state index in [2.05, 4.69) is 20.4 Å². The molecule has 4 aromatic rings. The third-order valence-electron chi connectivity index (χ3n) is 4.63. The summed E-state index contributed by atoms with van der Waals surface area (Å²) in [6.07, 6.45) is 6.17. The average molecular weight is 454 g/mol. The second-order valence-corrected chi connectivity index (χ2v) is 7.18. The van der Waals surface area contributed by atoms with Crippen LogP contribution in [0.5, 0.6) is 5.75 Å². The molecule has 0 fully saturated rings. The standard InChI is InChI=1S/C22H17ClFN5O3/c1-32-18-6-5-16(23)19(20(18)24)21(30)13-8-17(26-9-13)22(31)28-15-10-27-29(12-15)11-14-4-2-3-7-25-14/h2-10,12,26H,11H2,1H3,(H,28,31). The number of amides is 1. The van der Waals surface area contributed by atoms with Gasteiger partial charge in [-0.05, 0) is 30.3 Å². The number of ketones is 1. The van der Waals surface area contributed by atoms with Crippen LogP contribution in [0.15, 0.2) is 61.2 Å². The van der Waals surface area contributed by atoms with E-state index in [4.69, 9.17) is 16.3 Å². The fourth-order valence-corrected chi connectivity index (χ4v) is 3.30. The van der Waals surface area contributed by atoms with E-state index in [9.17, 15) is 14.0 Å². The second kappa shape index (κ2) is 9.03. The fraction of sp³-hybridized carbons (Fsp3) is 0.0909. The van der Waals surface area contributed by atoms with E-state index in [-0.39, 0.29) is 27.6 Å². The van der Waals surface area contributed by atoms with Gasteiger partial charge in [0.05, 0.1) is 41.8 Å². The molecule has 1 amide bonds. The summed E-state index contributed by atoms with van der Waals surface area (Å²) in [4.78, 5) is 32.3. The lowest BCUT2D eigenvalue weighted by atomic mass is 10.0. The van der Waals surface area contributed by atoms with Gasteiger partial charge in [0, 0.05) is 24.2 Å². The molecule has 2 N–H and O–H groups in total. The Hall–Kier alpha value is -3.98. The average Bonchev–Trinajstić information content (AvgIpc) is 3.44. The van der Waals surface area contributed by atoms with Crippen molar-refractivity contribution in [2.45, 2.75) is 6.54 Å². The van der Waals surface area contributed by atoms with Gasteiger partial charge in [0.1, 0.15) is 5.69 Å². The lowest BCUT2D eigenvalue weighted by Gasteiger charge is -2.07. The summed E-state index contributed by atoms with van der Waals surface area (Å²) in [5.74, 6) is -2.13. The summed E-state index contributed by atoms with van der Waals surface area (Å²) in [5.41, 5.74) is 1.16. The molecule has 0 aliphatic carbocycles. The van der Waals surface area contributed by atoms with Gasteiger partial charge in [-0.25, -0.2) is 4.39 Å². The molecule has 8 nitrogen and oxygen atoms in total. The Morgan fingerprint density at radius 1 is 1.28 bits per heavy atom. The first kappa shape index (κ1) is 21.3. The summed E-state index contributed by atoms with van der Waals surface area (Å²) in [7, 11) is 1.29. The normalized spacial score (nSPS) is 10.7. The molecule has 0 radical (unpaired) electrons. The Bertz CT molecular complexity index is 1290. The minimum Gasteiger partial charge on any atom is -0.494 e. The van der Waals surface area contributed by atoms with Crippen LogP contribution in [0.3, 0.4) is 0 Å². The van der Waals surface area contributed by atoms with E-state index in [1.807, 2.05) is 18.2 Å². The first-order valence-electron chi connectivity index (χ1n) is 9.45. The number of aromatic nitrogens is 4. The van der Waals surface area contributed by atoms with Crippen LogP contribution in [0.1, 0.15) is 32.1 Å². The van der Waals surface area contributed by atoms with Crippen molar-refractivity contribution in [1.29, 1.82) is 0 Å². The maximum absolute atomic E-state index is 14.5. The molecule has 4 rings (SSSR count). The third kappa shape index (κ3) is 4.37. The van der Waals surface area contributed by atoms with E-state index >= 15 is 0 Å². The number of H-pyrrole nitrogens is 1. The molecule has 0 unspecified atom stereocenters. The van der Waals surface area contributed by atoms with Crippen molar-refractivity contribution in [1.82, 2.24) is 19.7 Å². The topological polar surface area (TPSA) is 102 Å². The number of pyridine rings is 1. The maximum Gasteiger partial charge on any atom is 0.272 e. The van der Waals surface area contributed by atoms with Gasteiger partial charge in [0.25, 0.3) is 5.91 Å². The molecule has 162 valence electrons. The van der Waals surface area contributed by atoms with Crippen molar-refractivity contribution < 1.29 is 18.7 Å². The molecule has 0 bridgehead atoms. The predicted molar refractivity (Wildman–Crippen MR) is 116 cm³/mol. The minimum atomic E-state index is -0.863. The quantitative estimate of drug-likeness (QED) is 0.413. The number of nitrogens with one attached hydrogen (secondary N) is 2. The van der Waals surface area contributed by atoms with Gasteiger partial charge in [-0.1, -0.05) is 17.7 Å². The second-order valence-electron chi connectivity index (χ2n) is 6.77. The fourth-order valence-electron chi connectivity index (χ4n) is 3.07. The van der Waals surface area contributed by atoms with Crippen molar-refractivity contribution in [2.75, 3.05) is 12.4 Å². The molecule has 0 aliphatic heterocycles. The summed E-state index contributed by atoms with van der Waals surface area (Å²) < 4.78 is 21.1. The number of carbonyl (C=O) groups excluding carboxylic acids is 2. The smallest absolute Gasteiger partial charge is 0.272 e. The highest BCUT2D eigenvalue weighted by molar-refractivity contribution is 6.35. The van der Waals surface area contributed by atoms with E-state index in [1.165, 1.54) is 37.7 Å². The Kier molecular flexibility index (Phi) is 6.00. The number of nitrogens with zero attached hydrogens (tertiary/aromatic N) is 3. The van der Waals surface area contributed by atoms with Crippen LogP contribution in [0.4, 0.5) is 10.1 Å². The van der Waals surface area contributed by atoms with E-state index in [0.717, 1.165) is 5.69 Å². The first-order valence-corrected chi connectivity index (χ1v) is 9.83. The van der Waals surface area contributed by atoms with Crippen molar-refractivity contribution in [3.8, 4) is 5.75 Å². The first-order chi connectivity index (χ1) is 15.5. The van der Waals surface area contributed by atoms with Crippen LogP contribution in [-0.4, -0.2) is 38.5 Å². The van der Waals surface area contributed by atoms with Crippen LogP contribution in [0.25, 0.3) is 0 Å². The highest BCUT2D eigenvalue weighted by Crippen LogP contribution is 2.29. The molecule has 0 saturated carbocycles. The predicted octanol–water partition coefficient (Wildman–Crippen LogP) is 3.94. The van der Waals surface area contributed by atoms with Crippen molar-refractivity contribution in [3.63, 3.8) is 0 Å². The van der Waals surface area contributed by atoms with Gasteiger partial charge in [0.15, 0.2) is 17.3 Å². The lowest BCUT2D eigenvalue weighted by Crippen LogP contribution is -2.12. The molecule has 0 saturated heterocycles. The minimum absolute atomic E-state index is 0.0548. The number of methoxy groups -OCH3 is 1. The summed E-state index contributed by atoms with van der Waals surface area (Å²) in [6.45, 7) is 0.449. The number of carbonyl (C=O) groups is 2. The third-order valence-corrected chi connectivity index (χ3v) is 4.95. The van der Waals surface area contributed by atoms with E-state index < -0.39 is 17.5 Å². The number of halogens is 2. The number of aromatic amines is 1. The summed E-state index contributed by atoms with van der Waals surface area (Å²) in [5, 5.41) is 6.83. The number of hydrogen-bond donors (Lipinski definition) is 2. The molecular formula is C22H17ClFN5O3. The Balaban J connectivity index is 1.47. The highest BCUT2D eigenvalue weighted by atomic mass is 35.5. The van der Waals surface area contributed by atoms with Crippen LogP contribution in [0, 0.1) is 5.82 Å². The maximum atomic E-state index is 14.5.